The van der Waals surface area contributed by atoms with Gasteiger partial charge in [-0.1, -0.05) is 5.16 Å². The highest BCUT2D eigenvalue weighted by molar-refractivity contribution is 5.21. The van der Waals surface area contributed by atoms with Gasteiger partial charge in [0.05, 0.1) is 25.0 Å². The lowest BCUT2D eigenvalue weighted by Crippen LogP contribution is -2.48. The second kappa shape index (κ2) is 7.86. The number of ether oxygens (including phenoxy) is 2. The molecule has 6 heteroatoms. The fraction of sp³-hybridized carbons (Fsp3) is 0.600. The van der Waals surface area contributed by atoms with Gasteiger partial charge in [-0.15, -0.1) is 0 Å². The molecule has 2 aromatic heterocycles. The topological polar surface area (TPSA) is 60.6 Å². The molecule has 140 valence electrons. The zero-order valence-electron chi connectivity index (χ0n) is 15.6. The highest BCUT2D eigenvalue weighted by atomic mass is 16.5. The van der Waals surface area contributed by atoms with Crippen molar-refractivity contribution in [3.8, 4) is 0 Å². The van der Waals surface area contributed by atoms with Crippen LogP contribution in [0.5, 0.6) is 0 Å². The molecule has 1 aliphatic heterocycles. The second-order valence-corrected chi connectivity index (χ2v) is 7.46. The van der Waals surface area contributed by atoms with Gasteiger partial charge in [-0.05, 0) is 50.3 Å². The van der Waals surface area contributed by atoms with Crippen LogP contribution >= 0.6 is 0 Å². The molecular formula is C20H27N3O3. The molecule has 0 spiro atoms. The van der Waals surface area contributed by atoms with E-state index >= 15 is 0 Å². The summed E-state index contributed by atoms with van der Waals surface area (Å²) in [5.74, 6) is 1.48. The minimum absolute atomic E-state index is 0.318. The normalized spacial score (nSPS) is 26.2. The number of aryl methyl sites for hydroxylation is 2. The third-order valence-corrected chi connectivity index (χ3v) is 5.66. The Balaban J connectivity index is 1.32. The van der Waals surface area contributed by atoms with Gasteiger partial charge < -0.3 is 14.0 Å². The van der Waals surface area contributed by atoms with Gasteiger partial charge in [-0.2, -0.15) is 0 Å². The van der Waals surface area contributed by atoms with E-state index in [1.165, 1.54) is 11.1 Å². The van der Waals surface area contributed by atoms with Gasteiger partial charge in [0.25, 0.3) is 0 Å². The predicted octanol–water partition coefficient (Wildman–Crippen LogP) is 2.88. The van der Waals surface area contributed by atoms with Gasteiger partial charge in [-0.25, -0.2) is 0 Å². The Kier molecular flexibility index (Phi) is 5.33. The molecule has 0 amide bonds. The highest BCUT2D eigenvalue weighted by Gasteiger charge is 2.41. The molecule has 2 aliphatic rings. The van der Waals surface area contributed by atoms with Crippen molar-refractivity contribution in [2.75, 3.05) is 19.8 Å². The first kappa shape index (κ1) is 17.6. The average Bonchev–Trinajstić information content (AvgIpc) is 3.21. The highest BCUT2D eigenvalue weighted by Crippen LogP contribution is 2.35. The Hall–Kier alpha value is -1.76. The van der Waals surface area contributed by atoms with Crippen molar-refractivity contribution in [1.82, 2.24) is 15.0 Å². The maximum absolute atomic E-state index is 6.06. The molecular weight excluding hydrogens is 330 g/mol. The van der Waals surface area contributed by atoms with Crippen LogP contribution in [0.2, 0.25) is 0 Å². The molecule has 1 aliphatic carbocycles. The van der Waals surface area contributed by atoms with Crippen molar-refractivity contribution in [3.05, 3.63) is 47.1 Å². The third kappa shape index (κ3) is 3.82. The fourth-order valence-electron chi connectivity index (χ4n) is 4.21. The first-order valence-corrected chi connectivity index (χ1v) is 9.44. The maximum Gasteiger partial charge on any atom is 0.138 e. The Morgan fingerprint density at radius 2 is 2.08 bits per heavy atom. The molecule has 1 saturated carbocycles. The number of aromatic nitrogens is 2. The molecule has 2 aromatic rings. The van der Waals surface area contributed by atoms with E-state index in [2.05, 4.69) is 15.0 Å². The van der Waals surface area contributed by atoms with E-state index in [0.717, 1.165) is 50.6 Å². The van der Waals surface area contributed by atoms with Crippen molar-refractivity contribution in [3.63, 3.8) is 0 Å². The van der Waals surface area contributed by atoms with Crippen LogP contribution in [0.3, 0.4) is 0 Å². The molecule has 3 heterocycles. The van der Waals surface area contributed by atoms with Gasteiger partial charge in [-0.3, -0.25) is 9.88 Å². The van der Waals surface area contributed by atoms with E-state index in [1.54, 1.807) is 0 Å². The zero-order valence-corrected chi connectivity index (χ0v) is 15.6. The zero-order chi connectivity index (χ0) is 17.9. The molecule has 0 radical (unpaired) electrons. The van der Waals surface area contributed by atoms with E-state index in [9.17, 15) is 0 Å². The standard InChI is InChI=1S/C20H27N3O3/c1-14-18(15(2)26-22-14)11-23-7-8-25-20-10-17(9-19(20)23)13-24-12-16-3-5-21-6-4-16/h3-6,17,19-20H,7-13H2,1-2H3/t17-,19+,20+/m0/s1. The van der Waals surface area contributed by atoms with Crippen LogP contribution in [0.4, 0.5) is 0 Å². The van der Waals surface area contributed by atoms with Crippen molar-refractivity contribution in [2.45, 2.75) is 52.0 Å². The number of fused-ring (bicyclic) bond motifs is 1. The van der Waals surface area contributed by atoms with E-state index in [1.807, 2.05) is 38.4 Å². The first-order valence-electron chi connectivity index (χ1n) is 9.44. The van der Waals surface area contributed by atoms with Crippen molar-refractivity contribution in [1.29, 1.82) is 0 Å². The van der Waals surface area contributed by atoms with Crippen molar-refractivity contribution in [2.24, 2.45) is 5.92 Å². The lowest BCUT2D eigenvalue weighted by Gasteiger charge is -2.37. The quantitative estimate of drug-likeness (QED) is 0.792. The number of hydrogen-bond donors (Lipinski definition) is 0. The van der Waals surface area contributed by atoms with Gasteiger partial charge >= 0.3 is 0 Å². The van der Waals surface area contributed by atoms with Gasteiger partial charge in [0, 0.05) is 43.7 Å². The lowest BCUT2D eigenvalue weighted by molar-refractivity contribution is -0.0593. The SMILES string of the molecule is Cc1noc(C)c1CN1CCO[C@@H]2C[C@@H](COCc3ccncc3)C[C@H]21. The van der Waals surface area contributed by atoms with E-state index in [-0.39, 0.29) is 0 Å². The summed E-state index contributed by atoms with van der Waals surface area (Å²) >= 11 is 0. The van der Waals surface area contributed by atoms with E-state index in [0.29, 0.717) is 24.7 Å². The van der Waals surface area contributed by atoms with Crippen LogP contribution < -0.4 is 0 Å². The number of hydrogen-bond acceptors (Lipinski definition) is 6. The van der Waals surface area contributed by atoms with Crippen LogP contribution in [-0.4, -0.2) is 46.9 Å². The summed E-state index contributed by atoms with van der Waals surface area (Å²) < 4.78 is 17.4. The monoisotopic (exact) mass is 357 g/mol. The fourth-order valence-corrected chi connectivity index (χ4v) is 4.21. The molecule has 1 saturated heterocycles. The summed E-state index contributed by atoms with van der Waals surface area (Å²) in [5, 5.41) is 4.09. The average molecular weight is 357 g/mol. The largest absolute Gasteiger partial charge is 0.376 e. The summed E-state index contributed by atoms with van der Waals surface area (Å²) in [7, 11) is 0. The Morgan fingerprint density at radius 3 is 2.85 bits per heavy atom. The molecule has 0 unspecified atom stereocenters. The van der Waals surface area contributed by atoms with Crippen LogP contribution in [-0.2, 0) is 22.6 Å². The Bertz CT molecular complexity index is 699. The summed E-state index contributed by atoms with van der Waals surface area (Å²) in [6, 6.07) is 4.47. The maximum atomic E-state index is 6.06. The van der Waals surface area contributed by atoms with E-state index < -0.39 is 0 Å². The van der Waals surface area contributed by atoms with Crippen LogP contribution in [0, 0.1) is 19.8 Å². The number of pyridine rings is 1. The number of nitrogens with zero attached hydrogens (tertiary/aromatic N) is 3. The molecule has 2 fully saturated rings. The minimum Gasteiger partial charge on any atom is -0.376 e. The third-order valence-electron chi connectivity index (χ3n) is 5.66. The summed E-state index contributed by atoms with van der Waals surface area (Å²) in [6.45, 7) is 8.13. The predicted molar refractivity (Wildman–Crippen MR) is 96.5 cm³/mol. The van der Waals surface area contributed by atoms with E-state index in [4.69, 9.17) is 14.0 Å². The first-order chi connectivity index (χ1) is 12.7. The van der Waals surface area contributed by atoms with Gasteiger partial charge in [0.1, 0.15) is 5.76 Å². The smallest absolute Gasteiger partial charge is 0.138 e. The summed E-state index contributed by atoms with van der Waals surface area (Å²) in [4.78, 5) is 6.59. The molecule has 26 heavy (non-hydrogen) atoms. The molecule has 4 rings (SSSR count). The lowest BCUT2D eigenvalue weighted by atomic mass is 10.1. The Labute approximate surface area is 154 Å². The van der Waals surface area contributed by atoms with Crippen LogP contribution in [0.1, 0.15) is 35.4 Å². The summed E-state index contributed by atoms with van der Waals surface area (Å²) in [6.07, 6.45) is 6.15. The minimum atomic E-state index is 0.318. The summed E-state index contributed by atoms with van der Waals surface area (Å²) in [5.41, 5.74) is 3.40. The van der Waals surface area contributed by atoms with Crippen LogP contribution in [0.15, 0.2) is 29.0 Å². The van der Waals surface area contributed by atoms with Gasteiger partial charge in [0.15, 0.2) is 0 Å². The number of rotatable bonds is 6. The van der Waals surface area contributed by atoms with Crippen LogP contribution in [0.25, 0.3) is 0 Å². The van der Waals surface area contributed by atoms with Crippen molar-refractivity contribution < 1.29 is 14.0 Å². The van der Waals surface area contributed by atoms with Crippen molar-refractivity contribution >= 4 is 0 Å². The Morgan fingerprint density at radius 1 is 1.23 bits per heavy atom. The number of morpholine rings is 1. The molecule has 0 bridgehead atoms. The molecule has 3 atom stereocenters. The molecule has 6 nitrogen and oxygen atoms in total. The van der Waals surface area contributed by atoms with Gasteiger partial charge in [0.2, 0.25) is 0 Å². The second-order valence-electron chi connectivity index (χ2n) is 7.46. The molecule has 0 aromatic carbocycles. The molecule has 0 N–H and O–H groups in total.